The van der Waals surface area contributed by atoms with E-state index in [9.17, 15) is 0 Å². The molecule has 15 heavy (non-hydrogen) atoms. The molecule has 1 rings (SSSR count). The molecule has 1 aromatic rings. The van der Waals surface area contributed by atoms with Gasteiger partial charge in [-0.1, -0.05) is 13.0 Å². The second-order valence-electron chi connectivity index (χ2n) is 3.79. The van der Waals surface area contributed by atoms with Gasteiger partial charge in [-0.15, -0.1) is 11.8 Å². The van der Waals surface area contributed by atoms with Gasteiger partial charge in [0.2, 0.25) is 0 Å². The molecule has 0 aromatic heterocycles. The van der Waals surface area contributed by atoms with Gasteiger partial charge in [0, 0.05) is 5.92 Å². The zero-order valence-corrected chi connectivity index (χ0v) is 9.92. The molecule has 1 aromatic carbocycles. The molecule has 0 bridgehead atoms. The maximum absolute atomic E-state index is 5.17. The topological polar surface area (TPSA) is 9.23 Å². The maximum Gasteiger partial charge on any atom is 0.119 e. The van der Waals surface area contributed by atoms with Crippen LogP contribution in [0.4, 0.5) is 0 Å². The fraction of sp³-hybridized carbons (Fsp3) is 0.429. The van der Waals surface area contributed by atoms with Crippen LogP contribution in [0.25, 0.3) is 0 Å². The van der Waals surface area contributed by atoms with Crippen molar-refractivity contribution in [3.05, 3.63) is 29.3 Å². The summed E-state index contributed by atoms with van der Waals surface area (Å²) in [6.07, 6.45) is 1.01. The largest absolute Gasteiger partial charge is 0.497 e. The van der Waals surface area contributed by atoms with Crippen LogP contribution in [0.1, 0.15) is 25.0 Å². The number of hydrogen-bond donors (Lipinski definition) is 0. The molecule has 0 spiro atoms. The Bertz CT molecular complexity index is 382. The van der Waals surface area contributed by atoms with Crippen LogP contribution in [-0.2, 0) is 6.42 Å². The van der Waals surface area contributed by atoms with E-state index in [2.05, 4.69) is 37.8 Å². The highest BCUT2D eigenvalue weighted by Gasteiger charge is 2.04. The highest BCUT2D eigenvalue weighted by molar-refractivity contribution is 5.35. The molecule has 1 atom stereocenters. The number of methoxy groups -OCH3 is 1. The lowest BCUT2D eigenvalue weighted by Gasteiger charge is -2.09. The molecule has 0 amide bonds. The summed E-state index contributed by atoms with van der Waals surface area (Å²) in [7, 11) is 1.69. The van der Waals surface area contributed by atoms with Crippen LogP contribution >= 0.6 is 0 Å². The van der Waals surface area contributed by atoms with Gasteiger partial charge in [0.25, 0.3) is 0 Å². The predicted octanol–water partition coefficient (Wildman–Crippen LogP) is 3.21. The number of aryl methyl sites for hydroxylation is 1. The van der Waals surface area contributed by atoms with Crippen molar-refractivity contribution in [2.24, 2.45) is 5.92 Å². The van der Waals surface area contributed by atoms with Crippen LogP contribution in [0.15, 0.2) is 18.2 Å². The van der Waals surface area contributed by atoms with E-state index in [0.29, 0.717) is 5.92 Å². The molecule has 80 valence electrons. The summed E-state index contributed by atoms with van der Waals surface area (Å²) in [4.78, 5) is 0. The van der Waals surface area contributed by atoms with Gasteiger partial charge in [-0.05, 0) is 43.5 Å². The van der Waals surface area contributed by atoms with Crippen molar-refractivity contribution in [2.75, 3.05) is 7.11 Å². The Morgan fingerprint density at radius 3 is 2.67 bits per heavy atom. The standard InChI is InChI=1S/C14H18O/c1-5-6-11(2)9-13-7-8-14(15-4)10-12(13)3/h7-8,10-11H,9H2,1-4H3. The Balaban J connectivity index is 2.81. The summed E-state index contributed by atoms with van der Waals surface area (Å²) in [6.45, 7) is 6.15. The van der Waals surface area contributed by atoms with Crippen molar-refractivity contribution < 1.29 is 4.74 Å². The third kappa shape index (κ3) is 3.32. The van der Waals surface area contributed by atoms with E-state index in [1.54, 1.807) is 7.11 Å². The smallest absolute Gasteiger partial charge is 0.119 e. The van der Waals surface area contributed by atoms with Gasteiger partial charge in [0.1, 0.15) is 5.75 Å². The van der Waals surface area contributed by atoms with Gasteiger partial charge in [-0.3, -0.25) is 0 Å². The molecule has 0 aliphatic rings. The molecule has 1 heteroatoms. The average molecular weight is 202 g/mol. The Kier molecular flexibility index (Phi) is 4.24. The van der Waals surface area contributed by atoms with Crippen molar-refractivity contribution in [1.29, 1.82) is 0 Å². The van der Waals surface area contributed by atoms with Gasteiger partial charge in [-0.2, -0.15) is 0 Å². The fourth-order valence-electron chi connectivity index (χ4n) is 1.65. The molecule has 0 heterocycles. The van der Waals surface area contributed by atoms with E-state index in [1.807, 2.05) is 13.0 Å². The van der Waals surface area contributed by atoms with E-state index >= 15 is 0 Å². The third-order valence-corrected chi connectivity index (χ3v) is 2.47. The zero-order chi connectivity index (χ0) is 11.3. The monoisotopic (exact) mass is 202 g/mol. The molecular formula is C14H18O. The second-order valence-corrected chi connectivity index (χ2v) is 3.79. The molecule has 1 nitrogen and oxygen atoms in total. The number of ether oxygens (including phenoxy) is 1. The van der Waals surface area contributed by atoms with E-state index in [0.717, 1.165) is 12.2 Å². The fourth-order valence-corrected chi connectivity index (χ4v) is 1.65. The summed E-state index contributed by atoms with van der Waals surface area (Å²) in [6, 6.07) is 6.21. The van der Waals surface area contributed by atoms with Crippen LogP contribution in [0, 0.1) is 24.7 Å². The molecule has 0 saturated heterocycles. The molecular weight excluding hydrogens is 184 g/mol. The summed E-state index contributed by atoms with van der Waals surface area (Å²) < 4.78 is 5.17. The minimum Gasteiger partial charge on any atom is -0.497 e. The predicted molar refractivity (Wildman–Crippen MR) is 64.0 cm³/mol. The lowest BCUT2D eigenvalue weighted by molar-refractivity contribution is 0.414. The zero-order valence-electron chi connectivity index (χ0n) is 9.92. The molecule has 0 aliphatic carbocycles. The van der Waals surface area contributed by atoms with Gasteiger partial charge < -0.3 is 4.74 Å². The number of rotatable bonds is 3. The van der Waals surface area contributed by atoms with Gasteiger partial charge >= 0.3 is 0 Å². The SMILES string of the molecule is CC#CC(C)Cc1ccc(OC)cc1C. The van der Waals surface area contributed by atoms with Gasteiger partial charge in [0.05, 0.1) is 7.11 Å². The average Bonchev–Trinajstić information content (AvgIpc) is 2.21. The first-order chi connectivity index (χ1) is 7.17. The Morgan fingerprint density at radius 2 is 2.13 bits per heavy atom. The summed E-state index contributed by atoms with van der Waals surface area (Å²) in [5, 5.41) is 0. The molecule has 0 radical (unpaired) electrons. The first-order valence-corrected chi connectivity index (χ1v) is 5.23. The minimum absolute atomic E-state index is 0.419. The molecule has 1 unspecified atom stereocenters. The van der Waals surface area contributed by atoms with Crippen molar-refractivity contribution in [3.63, 3.8) is 0 Å². The van der Waals surface area contributed by atoms with Crippen molar-refractivity contribution in [2.45, 2.75) is 27.2 Å². The second kappa shape index (κ2) is 5.46. The van der Waals surface area contributed by atoms with Crippen LogP contribution in [0.2, 0.25) is 0 Å². The van der Waals surface area contributed by atoms with Gasteiger partial charge in [0.15, 0.2) is 0 Å². The van der Waals surface area contributed by atoms with Gasteiger partial charge in [-0.25, -0.2) is 0 Å². The summed E-state index contributed by atoms with van der Waals surface area (Å²) >= 11 is 0. The number of hydrogen-bond acceptors (Lipinski definition) is 1. The normalized spacial score (nSPS) is 11.5. The van der Waals surface area contributed by atoms with Crippen molar-refractivity contribution >= 4 is 0 Å². The Labute approximate surface area is 92.5 Å². The maximum atomic E-state index is 5.17. The van der Waals surface area contributed by atoms with Crippen LogP contribution < -0.4 is 4.74 Å². The molecule has 0 saturated carbocycles. The van der Waals surface area contributed by atoms with Crippen LogP contribution in [-0.4, -0.2) is 7.11 Å². The molecule has 0 aliphatic heterocycles. The molecule has 0 N–H and O–H groups in total. The van der Waals surface area contributed by atoms with Crippen molar-refractivity contribution in [3.8, 4) is 17.6 Å². The first-order valence-electron chi connectivity index (χ1n) is 5.23. The molecule has 0 fully saturated rings. The van der Waals surface area contributed by atoms with Crippen LogP contribution in [0.3, 0.4) is 0 Å². The van der Waals surface area contributed by atoms with E-state index in [-0.39, 0.29) is 0 Å². The van der Waals surface area contributed by atoms with E-state index in [4.69, 9.17) is 4.74 Å². The lowest BCUT2D eigenvalue weighted by atomic mass is 9.98. The van der Waals surface area contributed by atoms with Crippen LogP contribution in [0.5, 0.6) is 5.75 Å². The summed E-state index contributed by atoms with van der Waals surface area (Å²) in [5.41, 5.74) is 2.63. The summed E-state index contributed by atoms with van der Waals surface area (Å²) in [5.74, 6) is 7.46. The van der Waals surface area contributed by atoms with E-state index < -0.39 is 0 Å². The van der Waals surface area contributed by atoms with E-state index in [1.165, 1.54) is 11.1 Å². The Morgan fingerprint density at radius 1 is 1.40 bits per heavy atom. The number of benzene rings is 1. The third-order valence-electron chi connectivity index (χ3n) is 2.47. The van der Waals surface area contributed by atoms with Crippen molar-refractivity contribution in [1.82, 2.24) is 0 Å². The lowest BCUT2D eigenvalue weighted by Crippen LogP contribution is -1.99. The highest BCUT2D eigenvalue weighted by atomic mass is 16.5. The Hall–Kier alpha value is -1.42. The highest BCUT2D eigenvalue weighted by Crippen LogP contribution is 2.19. The first kappa shape index (κ1) is 11.7. The quantitative estimate of drug-likeness (QED) is 0.684. The minimum atomic E-state index is 0.419.